The van der Waals surface area contributed by atoms with Crippen LogP contribution in [0.15, 0.2) is 24.3 Å². The minimum Gasteiger partial charge on any atom is -0.386 e. The molecule has 1 atom stereocenters. The highest BCUT2D eigenvalue weighted by Crippen LogP contribution is 2.20. The van der Waals surface area contributed by atoms with Gasteiger partial charge in [0.15, 0.2) is 0 Å². The molecule has 0 bridgehead atoms. The van der Waals surface area contributed by atoms with Crippen LogP contribution in [0.5, 0.6) is 0 Å². The standard InChI is InChI=1S/C15H22F2N2O/c16-15(17)14(20)11-18-10-12-4-6-13(7-5-12)19-8-2-1-3-9-19/h4-7,14-15,18,20H,1-3,8-11H2. The highest BCUT2D eigenvalue weighted by Gasteiger charge is 2.15. The number of nitrogens with zero attached hydrogens (tertiary/aromatic N) is 1. The van der Waals surface area contributed by atoms with Crippen LogP contribution in [-0.4, -0.2) is 37.3 Å². The Labute approximate surface area is 118 Å². The number of anilines is 1. The molecule has 1 aliphatic heterocycles. The molecule has 0 spiro atoms. The average molecular weight is 284 g/mol. The average Bonchev–Trinajstić information content (AvgIpc) is 2.48. The van der Waals surface area contributed by atoms with Crippen LogP contribution in [0.4, 0.5) is 14.5 Å². The molecule has 1 aromatic carbocycles. The van der Waals surface area contributed by atoms with E-state index in [1.54, 1.807) is 0 Å². The minimum absolute atomic E-state index is 0.0917. The first-order chi connectivity index (χ1) is 9.66. The number of aliphatic hydroxyl groups excluding tert-OH is 1. The summed E-state index contributed by atoms with van der Waals surface area (Å²) < 4.78 is 24.2. The van der Waals surface area contributed by atoms with Crippen LogP contribution >= 0.6 is 0 Å². The molecular formula is C15H22F2N2O. The van der Waals surface area contributed by atoms with Crippen molar-refractivity contribution in [3.8, 4) is 0 Å². The summed E-state index contributed by atoms with van der Waals surface area (Å²) in [6.45, 7) is 2.62. The Balaban J connectivity index is 1.79. The van der Waals surface area contributed by atoms with Crippen LogP contribution in [0.25, 0.3) is 0 Å². The molecule has 0 radical (unpaired) electrons. The monoisotopic (exact) mass is 284 g/mol. The molecule has 112 valence electrons. The zero-order valence-corrected chi connectivity index (χ0v) is 11.6. The van der Waals surface area contributed by atoms with E-state index in [0.717, 1.165) is 18.7 Å². The van der Waals surface area contributed by atoms with Gasteiger partial charge in [-0.15, -0.1) is 0 Å². The van der Waals surface area contributed by atoms with Crippen molar-refractivity contribution in [3.63, 3.8) is 0 Å². The van der Waals surface area contributed by atoms with E-state index in [9.17, 15) is 8.78 Å². The van der Waals surface area contributed by atoms with Crippen molar-refractivity contribution in [2.45, 2.75) is 38.3 Å². The summed E-state index contributed by atoms with van der Waals surface area (Å²) >= 11 is 0. The summed E-state index contributed by atoms with van der Waals surface area (Å²) in [6, 6.07) is 8.16. The maximum Gasteiger partial charge on any atom is 0.265 e. The molecule has 1 saturated heterocycles. The normalized spacial score (nSPS) is 17.5. The Bertz CT molecular complexity index is 391. The number of piperidine rings is 1. The van der Waals surface area contributed by atoms with Gasteiger partial charge in [0.1, 0.15) is 6.10 Å². The summed E-state index contributed by atoms with van der Waals surface area (Å²) in [5.41, 5.74) is 2.26. The topological polar surface area (TPSA) is 35.5 Å². The van der Waals surface area contributed by atoms with Crippen LogP contribution in [-0.2, 0) is 6.54 Å². The van der Waals surface area contributed by atoms with Crippen molar-refractivity contribution in [2.75, 3.05) is 24.5 Å². The lowest BCUT2D eigenvalue weighted by Crippen LogP contribution is -2.31. The van der Waals surface area contributed by atoms with Crippen molar-refractivity contribution >= 4 is 5.69 Å². The quantitative estimate of drug-likeness (QED) is 0.842. The molecule has 0 aliphatic carbocycles. The zero-order valence-electron chi connectivity index (χ0n) is 11.6. The van der Waals surface area contributed by atoms with Gasteiger partial charge in [0.05, 0.1) is 0 Å². The van der Waals surface area contributed by atoms with Crippen molar-refractivity contribution in [1.29, 1.82) is 0 Å². The number of benzene rings is 1. The van der Waals surface area contributed by atoms with Crippen molar-refractivity contribution < 1.29 is 13.9 Å². The third-order valence-electron chi connectivity index (χ3n) is 3.63. The van der Waals surface area contributed by atoms with Gasteiger partial charge in [-0.05, 0) is 37.0 Å². The van der Waals surface area contributed by atoms with Crippen LogP contribution < -0.4 is 10.2 Å². The van der Waals surface area contributed by atoms with E-state index in [1.165, 1.54) is 24.9 Å². The predicted octanol–water partition coefficient (Wildman–Crippen LogP) is 2.39. The molecule has 3 nitrogen and oxygen atoms in total. The maximum absolute atomic E-state index is 12.1. The van der Waals surface area contributed by atoms with Crippen LogP contribution in [0, 0.1) is 0 Å². The summed E-state index contributed by atoms with van der Waals surface area (Å²) in [5.74, 6) is 0. The van der Waals surface area contributed by atoms with Gasteiger partial charge in [-0.2, -0.15) is 0 Å². The van der Waals surface area contributed by atoms with Gasteiger partial charge in [0.25, 0.3) is 6.43 Å². The van der Waals surface area contributed by atoms with Crippen molar-refractivity contribution in [1.82, 2.24) is 5.32 Å². The Hall–Kier alpha value is -1.20. The number of hydrogen-bond acceptors (Lipinski definition) is 3. The van der Waals surface area contributed by atoms with E-state index in [1.807, 2.05) is 12.1 Å². The van der Waals surface area contributed by atoms with Gasteiger partial charge >= 0.3 is 0 Å². The molecule has 1 unspecified atom stereocenters. The summed E-state index contributed by atoms with van der Waals surface area (Å²) in [5, 5.41) is 11.8. The smallest absolute Gasteiger partial charge is 0.265 e. The first-order valence-corrected chi connectivity index (χ1v) is 7.17. The molecule has 5 heteroatoms. The Morgan fingerprint density at radius 2 is 1.75 bits per heavy atom. The maximum atomic E-state index is 12.1. The van der Waals surface area contributed by atoms with Crippen LogP contribution in [0.3, 0.4) is 0 Å². The second kappa shape index (κ2) is 7.55. The molecule has 0 saturated carbocycles. The van der Waals surface area contributed by atoms with E-state index < -0.39 is 12.5 Å². The van der Waals surface area contributed by atoms with Gasteiger partial charge in [-0.25, -0.2) is 8.78 Å². The largest absolute Gasteiger partial charge is 0.386 e. The van der Waals surface area contributed by atoms with E-state index in [4.69, 9.17) is 5.11 Å². The lowest BCUT2D eigenvalue weighted by atomic mass is 10.1. The van der Waals surface area contributed by atoms with Crippen molar-refractivity contribution in [2.24, 2.45) is 0 Å². The first kappa shape index (κ1) is 15.2. The molecule has 1 aliphatic rings. The second-order valence-electron chi connectivity index (χ2n) is 5.25. The lowest BCUT2D eigenvalue weighted by Gasteiger charge is -2.28. The summed E-state index contributed by atoms with van der Waals surface area (Å²) in [6.07, 6.45) is -0.485. The molecule has 0 aromatic heterocycles. The van der Waals surface area contributed by atoms with Gasteiger partial charge < -0.3 is 15.3 Å². The SMILES string of the molecule is OC(CNCc1ccc(N2CCCCC2)cc1)C(F)F. The third-order valence-corrected chi connectivity index (χ3v) is 3.63. The highest BCUT2D eigenvalue weighted by molar-refractivity contribution is 5.47. The summed E-state index contributed by atoms with van der Waals surface area (Å²) in [7, 11) is 0. The number of nitrogens with one attached hydrogen (secondary N) is 1. The third kappa shape index (κ3) is 4.42. The molecule has 1 heterocycles. The molecule has 20 heavy (non-hydrogen) atoms. The Kier molecular flexibility index (Phi) is 5.73. The zero-order chi connectivity index (χ0) is 14.4. The van der Waals surface area contributed by atoms with E-state index in [2.05, 4.69) is 22.3 Å². The van der Waals surface area contributed by atoms with Crippen LogP contribution in [0.1, 0.15) is 24.8 Å². The fraction of sp³-hybridized carbons (Fsp3) is 0.600. The van der Waals surface area contributed by atoms with Crippen molar-refractivity contribution in [3.05, 3.63) is 29.8 Å². The fourth-order valence-corrected chi connectivity index (χ4v) is 2.43. The molecule has 2 rings (SSSR count). The lowest BCUT2D eigenvalue weighted by molar-refractivity contribution is -0.00340. The molecule has 0 amide bonds. The molecule has 1 aromatic rings. The molecule has 1 fully saturated rings. The Morgan fingerprint density at radius 1 is 1.10 bits per heavy atom. The van der Waals surface area contributed by atoms with Gasteiger partial charge in [0.2, 0.25) is 0 Å². The number of aliphatic hydroxyl groups is 1. The Morgan fingerprint density at radius 3 is 2.35 bits per heavy atom. The van der Waals surface area contributed by atoms with E-state index >= 15 is 0 Å². The summed E-state index contributed by atoms with van der Waals surface area (Å²) in [4.78, 5) is 2.38. The number of hydrogen-bond donors (Lipinski definition) is 2. The van der Waals surface area contributed by atoms with Gasteiger partial charge in [-0.3, -0.25) is 0 Å². The van der Waals surface area contributed by atoms with E-state index in [-0.39, 0.29) is 6.54 Å². The number of rotatable bonds is 6. The van der Waals surface area contributed by atoms with Crippen LogP contribution in [0.2, 0.25) is 0 Å². The number of halogens is 2. The number of alkyl halides is 2. The molecular weight excluding hydrogens is 262 g/mol. The van der Waals surface area contributed by atoms with Gasteiger partial charge in [-0.1, -0.05) is 12.1 Å². The van der Waals surface area contributed by atoms with Gasteiger partial charge in [0, 0.05) is 31.9 Å². The van der Waals surface area contributed by atoms with E-state index in [0.29, 0.717) is 6.54 Å². The predicted molar refractivity (Wildman–Crippen MR) is 76.2 cm³/mol. The second-order valence-corrected chi connectivity index (χ2v) is 5.25. The fourth-order valence-electron chi connectivity index (χ4n) is 2.43. The first-order valence-electron chi connectivity index (χ1n) is 7.17. The highest BCUT2D eigenvalue weighted by atomic mass is 19.3. The minimum atomic E-state index is -2.69. The molecule has 2 N–H and O–H groups in total.